The van der Waals surface area contributed by atoms with Crippen molar-refractivity contribution < 1.29 is 4.79 Å². The lowest BCUT2D eigenvalue weighted by Crippen LogP contribution is -2.35. The van der Waals surface area contributed by atoms with Gasteiger partial charge in [-0.05, 0) is 49.1 Å². The molecule has 1 heterocycles. The van der Waals surface area contributed by atoms with Crippen LogP contribution in [0.25, 0.3) is 0 Å². The van der Waals surface area contributed by atoms with Crippen LogP contribution in [-0.2, 0) is 13.0 Å². The number of anilines is 1. The Morgan fingerprint density at radius 3 is 2.67 bits per heavy atom. The third-order valence-electron chi connectivity index (χ3n) is 4.04. The van der Waals surface area contributed by atoms with Gasteiger partial charge in [0, 0.05) is 24.3 Å². The molecular weight excluding hydrogens is 260 g/mol. The first-order valence-corrected chi connectivity index (χ1v) is 7.39. The Labute approximate surface area is 125 Å². The van der Waals surface area contributed by atoms with E-state index in [2.05, 4.69) is 25.1 Å². The second-order valence-electron chi connectivity index (χ2n) is 5.59. The number of hydrogen-bond donors (Lipinski definition) is 1. The van der Waals surface area contributed by atoms with Crippen LogP contribution in [0.3, 0.4) is 0 Å². The number of nitrogens with zero attached hydrogens (tertiary/aromatic N) is 1. The Hall–Kier alpha value is -2.13. The third kappa shape index (κ3) is 2.69. The van der Waals surface area contributed by atoms with Gasteiger partial charge in [0.1, 0.15) is 0 Å². The SMILES string of the molecule is Cc1ccc2c(c1)CCCN2C(=O)c1ccc(CN)cc1. The predicted molar refractivity (Wildman–Crippen MR) is 85.5 cm³/mol. The van der Waals surface area contributed by atoms with Gasteiger partial charge in [-0.2, -0.15) is 0 Å². The standard InChI is InChI=1S/C18H20N2O/c1-13-4-9-17-16(11-13)3-2-10-20(17)18(21)15-7-5-14(12-19)6-8-15/h4-9,11H,2-3,10,12,19H2,1H3. The highest BCUT2D eigenvalue weighted by atomic mass is 16.2. The molecule has 0 saturated heterocycles. The van der Waals surface area contributed by atoms with Crippen molar-refractivity contribution in [2.45, 2.75) is 26.3 Å². The highest BCUT2D eigenvalue weighted by Gasteiger charge is 2.23. The Balaban J connectivity index is 1.92. The molecule has 0 saturated carbocycles. The van der Waals surface area contributed by atoms with E-state index in [1.165, 1.54) is 11.1 Å². The number of hydrogen-bond acceptors (Lipinski definition) is 2. The van der Waals surface area contributed by atoms with Crippen LogP contribution in [0.5, 0.6) is 0 Å². The number of fused-ring (bicyclic) bond motifs is 1. The number of nitrogens with two attached hydrogens (primary N) is 1. The molecule has 1 aliphatic rings. The monoisotopic (exact) mass is 280 g/mol. The van der Waals surface area contributed by atoms with Crippen LogP contribution in [0.2, 0.25) is 0 Å². The van der Waals surface area contributed by atoms with E-state index < -0.39 is 0 Å². The van der Waals surface area contributed by atoms with Gasteiger partial charge in [0.05, 0.1) is 0 Å². The van der Waals surface area contributed by atoms with E-state index in [1.54, 1.807) is 0 Å². The Morgan fingerprint density at radius 1 is 1.19 bits per heavy atom. The smallest absolute Gasteiger partial charge is 0.258 e. The first-order valence-electron chi connectivity index (χ1n) is 7.39. The van der Waals surface area contributed by atoms with Crippen LogP contribution in [0.4, 0.5) is 5.69 Å². The number of rotatable bonds is 2. The van der Waals surface area contributed by atoms with E-state index in [0.29, 0.717) is 6.54 Å². The third-order valence-corrected chi connectivity index (χ3v) is 4.04. The molecule has 2 aromatic rings. The fourth-order valence-corrected chi connectivity index (χ4v) is 2.88. The van der Waals surface area contributed by atoms with Crippen molar-refractivity contribution in [2.75, 3.05) is 11.4 Å². The number of aryl methyl sites for hydroxylation is 2. The maximum absolute atomic E-state index is 12.7. The van der Waals surface area contributed by atoms with Gasteiger partial charge >= 0.3 is 0 Å². The number of benzene rings is 2. The van der Waals surface area contributed by atoms with Crippen LogP contribution in [0.15, 0.2) is 42.5 Å². The molecule has 1 amide bonds. The van der Waals surface area contributed by atoms with Gasteiger partial charge in [-0.1, -0.05) is 29.8 Å². The van der Waals surface area contributed by atoms with Gasteiger partial charge in [-0.25, -0.2) is 0 Å². The molecule has 0 fully saturated rings. The molecule has 21 heavy (non-hydrogen) atoms. The molecule has 0 aliphatic carbocycles. The normalized spacial score (nSPS) is 13.9. The minimum absolute atomic E-state index is 0.0726. The molecule has 0 unspecified atom stereocenters. The summed E-state index contributed by atoms with van der Waals surface area (Å²) >= 11 is 0. The maximum atomic E-state index is 12.7. The molecule has 108 valence electrons. The molecule has 2 aromatic carbocycles. The molecule has 0 atom stereocenters. The lowest BCUT2D eigenvalue weighted by molar-refractivity contribution is 0.0985. The summed E-state index contributed by atoms with van der Waals surface area (Å²) in [5, 5.41) is 0. The van der Waals surface area contributed by atoms with Gasteiger partial charge in [-0.15, -0.1) is 0 Å². The number of amides is 1. The average Bonchev–Trinajstić information content (AvgIpc) is 2.53. The van der Waals surface area contributed by atoms with E-state index in [1.807, 2.05) is 29.2 Å². The van der Waals surface area contributed by atoms with Gasteiger partial charge in [0.2, 0.25) is 0 Å². The van der Waals surface area contributed by atoms with Crippen molar-refractivity contribution in [3.05, 3.63) is 64.7 Å². The Morgan fingerprint density at radius 2 is 1.95 bits per heavy atom. The highest BCUT2D eigenvalue weighted by molar-refractivity contribution is 6.06. The summed E-state index contributed by atoms with van der Waals surface area (Å²) in [6.07, 6.45) is 2.07. The van der Waals surface area contributed by atoms with Crippen molar-refractivity contribution in [3.63, 3.8) is 0 Å². The summed E-state index contributed by atoms with van der Waals surface area (Å²) in [7, 11) is 0. The lowest BCUT2D eigenvalue weighted by Gasteiger charge is -2.30. The van der Waals surface area contributed by atoms with E-state index in [4.69, 9.17) is 5.73 Å². The van der Waals surface area contributed by atoms with Crippen LogP contribution < -0.4 is 10.6 Å². The second kappa shape index (κ2) is 5.70. The quantitative estimate of drug-likeness (QED) is 0.919. The van der Waals surface area contributed by atoms with Crippen molar-refractivity contribution in [2.24, 2.45) is 5.73 Å². The summed E-state index contributed by atoms with van der Waals surface area (Å²) in [4.78, 5) is 14.6. The van der Waals surface area contributed by atoms with Gasteiger partial charge in [-0.3, -0.25) is 4.79 Å². The molecule has 0 radical (unpaired) electrons. The van der Waals surface area contributed by atoms with Gasteiger partial charge in [0.25, 0.3) is 5.91 Å². The molecule has 3 rings (SSSR count). The van der Waals surface area contributed by atoms with Crippen LogP contribution in [0, 0.1) is 6.92 Å². The topological polar surface area (TPSA) is 46.3 Å². The zero-order valence-electron chi connectivity index (χ0n) is 12.3. The van der Waals surface area contributed by atoms with E-state index in [0.717, 1.165) is 36.2 Å². The Kier molecular flexibility index (Phi) is 3.76. The van der Waals surface area contributed by atoms with E-state index in [9.17, 15) is 4.79 Å². The average molecular weight is 280 g/mol. The summed E-state index contributed by atoms with van der Waals surface area (Å²) in [5.41, 5.74) is 10.9. The first kappa shape index (κ1) is 13.8. The fourth-order valence-electron chi connectivity index (χ4n) is 2.88. The predicted octanol–water partition coefficient (Wildman–Crippen LogP) is 3.05. The molecular formula is C18H20N2O. The van der Waals surface area contributed by atoms with E-state index >= 15 is 0 Å². The zero-order chi connectivity index (χ0) is 14.8. The number of carbonyl (C=O) groups excluding carboxylic acids is 1. The highest BCUT2D eigenvalue weighted by Crippen LogP contribution is 2.29. The summed E-state index contributed by atoms with van der Waals surface area (Å²) in [6, 6.07) is 13.9. The molecule has 3 nitrogen and oxygen atoms in total. The fraction of sp³-hybridized carbons (Fsp3) is 0.278. The first-order chi connectivity index (χ1) is 10.2. The molecule has 0 bridgehead atoms. The van der Waals surface area contributed by atoms with Crippen molar-refractivity contribution in [1.82, 2.24) is 0 Å². The van der Waals surface area contributed by atoms with Gasteiger partial charge < -0.3 is 10.6 Å². The minimum atomic E-state index is 0.0726. The van der Waals surface area contributed by atoms with Crippen LogP contribution in [-0.4, -0.2) is 12.5 Å². The molecule has 0 aromatic heterocycles. The second-order valence-corrected chi connectivity index (χ2v) is 5.59. The van der Waals surface area contributed by atoms with E-state index in [-0.39, 0.29) is 5.91 Å². The molecule has 3 heteroatoms. The minimum Gasteiger partial charge on any atom is -0.326 e. The van der Waals surface area contributed by atoms with Crippen molar-refractivity contribution in [1.29, 1.82) is 0 Å². The lowest BCUT2D eigenvalue weighted by atomic mass is 9.98. The maximum Gasteiger partial charge on any atom is 0.258 e. The summed E-state index contributed by atoms with van der Waals surface area (Å²) in [6.45, 7) is 3.38. The van der Waals surface area contributed by atoms with Gasteiger partial charge in [0.15, 0.2) is 0 Å². The number of carbonyl (C=O) groups is 1. The van der Waals surface area contributed by atoms with Crippen LogP contribution >= 0.6 is 0 Å². The van der Waals surface area contributed by atoms with Crippen molar-refractivity contribution in [3.8, 4) is 0 Å². The molecule has 1 aliphatic heterocycles. The summed E-state index contributed by atoms with van der Waals surface area (Å²) in [5.74, 6) is 0.0726. The zero-order valence-corrected chi connectivity index (χ0v) is 12.3. The Bertz CT molecular complexity index is 661. The largest absolute Gasteiger partial charge is 0.326 e. The molecule has 0 spiro atoms. The molecule has 2 N–H and O–H groups in total. The van der Waals surface area contributed by atoms with Crippen molar-refractivity contribution >= 4 is 11.6 Å². The van der Waals surface area contributed by atoms with Crippen LogP contribution in [0.1, 0.15) is 33.5 Å². The summed E-state index contributed by atoms with van der Waals surface area (Å²) < 4.78 is 0.